The molecule has 3 aromatic rings. The van der Waals surface area contributed by atoms with Gasteiger partial charge in [-0.3, -0.25) is 4.79 Å². The number of hydrogen-bond acceptors (Lipinski definition) is 3. The Bertz CT molecular complexity index is 1380. The summed E-state index contributed by atoms with van der Waals surface area (Å²) in [5.41, 5.74) is 5.80. The molecule has 39 heavy (non-hydrogen) atoms. The molecule has 2 unspecified atom stereocenters. The van der Waals surface area contributed by atoms with Gasteiger partial charge in [-0.1, -0.05) is 51.5 Å². The minimum absolute atomic E-state index is 0.122. The molecule has 5 heteroatoms. The zero-order valence-electron chi connectivity index (χ0n) is 23.5. The van der Waals surface area contributed by atoms with Crippen molar-refractivity contribution in [3.8, 4) is 22.6 Å². The molecule has 2 aliphatic carbocycles. The number of rotatable bonds is 9. The molecule has 0 aromatic heterocycles. The molecule has 0 aliphatic heterocycles. The van der Waals surface area contributed by atoms with Crippen molar-refractivity contribution in [1.82, 2.24) is 0 Å². The summed E-state index contributed by atoms with van der Waals surface area (Å²) in [6.07, 6.45) is 6.06. The van der Waals surface area contributed by atoms with Gasteiger partial charge in [0.05, 0.1) is 13.5 Å². The highest BCUT2D eigenvalue weighted by Gasteiger charge is 2.39. The lowest BCUT2D eigenvalue weighted by molar-refractivity contribution is -0.138. The number of benzene rings is 3. The van der Waals surface area contributed by atoms with Crippen LogP contribution in [-0.2, 0) is 23.2 Å². The van der Waals surface area contributed by atoms with Gasteiger partial charge in [-0.05, 0) is 102 Å². The summed E-state index contributed by atoms with van der Waals surface area (Å²) >= 11 is 0. The number of methoxy groups -OCH3 is 1. The number of carbonyl (C=O) groups is 1. The number of halogens is 1. The van der Waals surface area contributed by atoms with Crippen LogP contribution in [0.4, 0.5) is 4.39 Å². The molecule has 1 saturated carbocycles. The maximum atomic E-state index is 15.1. The molecule has 0 saturated heterocycles. The molecule has 2 aliphatic rings. The molecular formula is C34H39FO4. The average molecular weight is 531 g/mol. The third kappa shape index (κ3) is 5.28. The molecule has 0 bridgehead atoms. The number of fused-ring (bicyclic) bond motifs is 1. The van der Waals surface area contributed by atoms with Gasteiger partial charge >= 0.3 is 5.97 Å². The van der Waals surface area contributed by atoms with Crippen LogP contribution in [0.25, 0.3) is 11.1 Å². The minimum Gasteiger partial charge on any atom is -0.497 e. The van der Waals surface area contributed by atoms with Crippen molar-refractivity contribution in [2.45, 2.75) is 83.7 Å². The van der Waals surface area contributed by atoms with E-state index in [1.165, 1.54) is 11.6 Å². The number of aryl methyl sites for hydroxylation is 1. The zero-order chi connectivity index (χ0) is 27.8. The van der Waals surface area contributed by atoms with Gasteiger partial charge in [0.2, 0.25) is 0 Å². The number of carboxylic acids is 1. The van der Waals surface area contributed by atoms with Crippen LogP contribution in [0.5, 0.6) is 11.5 Å². The lowest BCUT2D eigenvalue weighted by Crippen LogP contribution is -2.25. The highest BCUT2D eigenvalue weighted by atomic mass is 19.1. The summed E-state index contributed by atoms with van der Waals surface area (Å²) in [5, 5.41) is 9.56. The second-order valence-corrected chi connectivity index (χ2v) is 12.0. The summed E-state index contributed by atoms with van der Waals surface area (Å²) in [7, 11) is 1.60. The van der Waals surface area contributed by atoms with Gasteiger partial charge in [-0.15, -0.1) is 0 Å². The Balaban J connectivity index is 1.46. The Morgan fingerprint density at radius 3 is 2.51 bits per heavy atom. The maximum absolute atomic E-state index is 15.1. The Labute approximate surface area is 231 Å². The molecule has 0 amide bonds. The summed E-state index contributed by atoms with van der Waals surface area (Å²) < 4.78 is 26.8. The van der Waals surface area contributed by atoms with Crippen LogP contribution < -0.4 is 9.47 Å². The van der Waals surface area contributed by atoms with Crippen molar-refractivity contribution < 1.29 is 23.8 Å². The van der Waals surface area contributed by atoms with Crippen molar-refractivity contribution in [2.75, 3.05) is 7.11 Å². The average Bonchev–Trinajstić information content (AvgIpc) is 3.46. The van der Waals surface area contributed by atoms with Gasteiger partial charge in [0.1, 0.15) is 23.9 Å². The van der Waals surface area contributed by atoms with Crippen LogP contribution in [0.15, 0.2) is 54.6 Å². The molecule has 206 valence electrons. The SMILES string of the molecule is CCC1(CC(=O)O)CCc2ccc(OCc3ccc(-c4cc(OC)ccc4F)c(C4CCCC4(C)C)c3)cc21. The van der Waals surface area contributed by atoms with Crippen molar-refractivity contribution in [3.05, 3.63) is 82.7 Å². The van der Waals surface area contributed by atoms with E-state index in [-0.39, 0.29) is 23.1 Å². The van der Waals surface area contributed by atoms with E-state index in [9.17, 15) is 9.90 Å². The largest absolute Gasteiger partial charge is 0.497 e. The van der Waals surface area contributed by atoms with E-state index in [1.807, 2.05) is 18.2 Å². The van der Waals surface area contributed by atoms with Crippen molar-refractivity contribution in [2.24, 2.45) is 5.41 Å². The topological polar surface area (TPSA) is 55.8 Å². The van der Waals surface area contributed by atoms with Crippen molar-refractivity contribution >= 4 is 5.97 Å². The fourth-order valence-corrected chi connectivity index (χ4v) is 6.97. The maximum Gasteiger partial charge on any atom is 0.304 e. The van der Waals surface area contributed by atoms with Crippen LogP contribution >= 0.6 is 0 Å². The highest BCUT2D eigenvalue weighted by Crippen LogP contribution is 2.51. The standard InChI is InChI=1S/C34H39FO4/c1-5-34(20-32(36)37)16-14-23-9-10-25(19-30(23)34)39-21-22-8-12-26(28-18-24(38-4)11-13-31(28)35)27(17-22)29-7-6-15-33(29,2)3/h8-13,17-19,29H,5-7,14-16,20-21H2,1-4H3,(H,36,37). The van der Waals surface area contributed by atoms with Crippen LogP contribution in [-0.4, -0.2) is 18.2 Å². The number of hydrogen-bond donors (Lipinski definition) is 1. The molecular weight excluding hydrogens is 491 g/mol. The minimum atomic E-state index is -0.758. The van der Waals surface area contributed by atoms with E-state index in [2.05, 4.69) is 39.0 Å². The Morgan fingerprint density at radius 2 is 1.82 bits per heavy atom. The Hall–Kier alpha value is -3.34. The quantitative estimate of drug-likeness (QED) is 0.302. The molecule has 0 radical (unpaired) electrons. The van der Waals surface area contributed by atoms with Gasteiger partial charge in [0, 0.05) is 11.0 Å². The third-order valence-corrected chi connectivity index (χ3v) is 9.31. The lowest BCUT2D eigenvalue weighted by atomic mass is 9.75. The second kappa shape index (κ2) is 10.7. The van der Waals surface area contributed by atoms with Gasteiger partial charge in [-0.2, -0.15) is 0 Å². The van der Waals surface area contributed by atoms with E-state index in [0.29, 0.717) is 23.8 Å². The molecule has 1 fully saturated rings. The molecule has 3 aromatic carbocycles. The Kier molecular flexibility index (Phi) is 7.45. The normalized spacial score (nSPS) is 21.5. The molecule has 4 nitrogen and oxygen atoms in total. The van der Waals surface area contributed by atoms with E-state index in [0.717, 1.165) is 66.5 Å². The number of carboxylic acid groups (broad SMARTS) is 1. The van der Waals surface area contributed by atoms with E-state index in [1.54, 1.807) is 19.2 Å². The predicted molar refractivity (Wildman–Crippen MR) is 152 cm³/mol. The van der Waals surface area contributed by atoms with Gasteiger partial charge in [0.15, 0.2) is 0 Å². The monoisotopic (exact) mass is 530 g/mol. The lowest BCUT2D eigenvalue weighted by Gasteiger charge is -2.30. The van der Waals surface area contributed by atoms with Crippen LogP contribution in [0.1, 0.15) is 87.5 Å². The molecule has 5 rings (SSSR count). The first-order valence-electron chi connectivity index (χ1n) is 14.1. The van der Waals surface area contributed by atoms with Crippen LogP contribution in [0.3, 0.4) is 0 Å². The van der Waals surface area contributed by atoms with Gasteiger partial charge in [-0.25, -0.2) is 4.39 Å². The molecule has 0 spiro atoms. The number of aliphatic carboxylic acids is 1. The fourth-order valence-electron chi connectivity index (χ4n) is 6.97. The second-order valence-electron chi connectivity index (χ2n) is 12.0. The fraction of sp³-hybridized carbons (Fsp3) is 0.441. The van der Waals surface area contributed by atoms with E-state index >= 15 is 4.39 Å². The van der Waals surface area contributed by atoms with E-state index < -0.39 is 5.97 Å². The van der Waals surface area contributed by atoms with Gasteiger partial charge < -0.3 is 14.6 Å². The molecule has 1 N–H and O–H groups in total. The smallest absolute Gasteiger partial charge is 0.304 e. The first kappa shape index (κ1) is 27.2. The van der Waals surface area contributed by atoms with Crippen LogP contribution in [0, 0.1) is 11.2 Å². The predicted octanol–water partition coefficient (Wildman–Crippen LogP) is 8.44. The molecule has 2 atom stereocenters. The van der Waals surface area contributed by atoms with E-state index in [4.69, 9.17) is 9.47 Å². The van der Waals surface area contributed by atoms with Gasteiger partial charge in [0.25, 0.3) is 0 Å². The first-order chi connectivity index (χ1) is 18.7. The van der Waals surface area contributed by atoms with Crippen molar-refractivity contribution in [3.63, 3.8) is 0 Å². The summed E-state index contributed by atoms with van der Waals surface area (Å²) in [5.74, 6) is 0.698. The third-order valence-electron chi connectivity index (χ3n) is 9.31. The summed E-state index contributed by atoms with van der Waals surface area (Å²) in [6, 6.07) is 17.3. The summed E-state index contributed by atoms with van der Waals surface area (Å²) in [6.45, 7) is 7.07. The summed E-state index contributed by atoms with van der Waals surface area (Å²) in [4.78, 5) is 11.6. The number of ether oxygens (including phenoxy) is 2. The van der Waals surface area contributed by atoms with Crippen LogP contribution in [0.2, 0.25) is 0 Å². The molecule has 0 heterocycles. The Morgan fingerprint density at radius 1 is 1.03 bits per heavy atom. The van der Waals surface area contributed by atoms with Crippen molar-refractivity contribution in [1.29, 1.82) is 0 Å². The highest BCUT2D eigenvalue weighted by molar-refractivity contribution is 5.71. The zero-order valence-corrected chi connectivity index (χ0v) is 23.5. The first-order valence-corrected chi connectivity index (χ1v) is 14.1.